The van der Waals surface area contributed by atoms with Crippen LogP contribution in [0.1, 0.15) is 61.3 Å². The van der Waals surface area contributed by atoms with Crippen LogP contribution in [0.5, 0.6) is 0 Å². The van der Waals surface area contributed by atoms with Gasteiger partial charge in [0, 0.05) is 30.4 Å². The highest BCUT2D eigenvalue weighted by Crippen LogP contribution is 2.31. The molecule has 8 heteroatoms. The van der Waals surface area contributed by atoms with Crippen molar-refractivity contribution in [2.75, 3.05) is 0 Å². The van der Waals surface area contributed by atoms with Crippen LogP contribution in [-0.4, -0.2) is 38.6 Å². The summed E-state index contributed by atoms with van der Waals surface area (Å²) in [6, 6.07) is 3.68. The van der Waals surface area contributed by atoms with Gasteiger partial charge in [-0.1, -0.05) is 12.8 Å². The average molecular weight is 398 g/mol. The molecule has 1 aliphatic carbocycles. The van der Waals surface area contributed by atoms with Crippen molar-refractivity contribution in [1.82, 2.24) is 25.2 Å². The van der Waals surface area contributed by atoms with Gasteiger partial charge in [-0.05, 0) is 38.2 Å². The van der Waals surface area contributed by atoms with Crippen molar-refractivity contribution in [2.45, 2.75) is 69.1 Å². The molecule has 0 aromatic carbocycles. The number of nitrogens with one attached hydrogen (secondary N) is 2. The Morgan fingerprint density at radius 2 is 1.96 bits per heavy atom. The van der Waals surface area contributed by atoms with Gasteiger partial charge in [0.05, 0.1) is 11.9 Å². The van der Waals surface area contributed by atoms with Gasteiger partial charge in [-0.2, -0.15) is 0 Å². The third kappa shape index (κ3) is 3.30. The second-order valence-electron chi connectivity index (χ2n) is 7.52. The molecule has 2 saturated heterocycles. The normalized spacial score (nSPS) is 27.3. The summed E-state index contributed by atoms with van der Waals surface area (Å²) in [6.45, 7) is 0. The van der Waals surface area contributed by atoms with E-state index in [1.807, 2.05) is 12.4 Å². The van der Waals surface area contributed by atoms with Crippen molar-refractivity contribution in [3.8, 4) is 0 Å². The van der Waals surface area contributed by atoms with Gasteiger partial charge < -0.3 is 15.2 Å². The molecule has 1 saturated carbocycles. The molecule has 3 fully saturated rings. The lowest BCUT2D eigenvalue weighted by Gasteiger charge is -2.21. The number of pyridine rings is 1. The van der Waals surface area contributed by atoms with Crippen LogP contribution in [0, 0.1) is 0 Å². The van der Waals surface area contributed by atoms with Gasteiger partial charge in [0.1, 0.15) is 5.52 Å². The summed E-state index contributed by atoms with van der Waals surface area (Å²) >= 11 is 0. The molecule has 3 atom stereocenters. The first-order valence-corrected chi connectivity index (χ1v) is 9.17. The topological polar surface area (TPSA) is 71.8 Å². The summed E-state index contributed by atoms with van der Waals surface area (Å²) in [4.78, 5) is 21.6. The first-order valence-electron chi connectivity index (χ1n) is 9.17. The van der Waals surface area contributed by atoms with Crippen LogP contribution in [0.4, 0.5) is 0 Å². The molecule has 1 amide bonds. The number of carbonyl (C=O) groups is 1. The Hall–Kier alpha value is -1.37. The maximum atomic E-state index is 12.6. The number of aromatic nitrogens is 3. The van der Waals surface area contributed by atoms with E-state index in [4.69, 9.17) is 0 Å². The smallest absolute Gasteiger partial charge is 0.253 e. The Labute approximate surface area is 165 Å². The number of halogens is 2. The monoisotopic (exact) mass is 397 g/mol. The molecule has 2 aromatic rings. The number of amides is 1. The minimum absolute atomic E-state index is 0. The van der Waals surface area contributed by atoms with Gasteiger partial charge in [-0.3, -0.25) is 4.79 Å². The predicted molar refractivity (Wildman–Crippen MR) is 105 cm³/mol. The second-order valence-corrected chi connectivity index (χ2v) is 7.52. The number of fused-ring (bicyclic) bond motifs is 3. The van der Waals surface area contributed by atoms with Gasteiger partial charge in [0.2, 0.25) is 0 Å². The van der Waals surface area contributed by atoms with Crippen molar-refractivity contribution in [2.24, 2.45) is 0 Å². The predicted octanol–water partition coefficient (Wildman–Crippen LogP) is 3.01. The van der Waals surface area contributed by atoms with Gasteiger partial charge in [-0.25, -0.2) is 9.97 Å². The standard InChI is InChI=1S/C18H23N5O.2ClH/c24-18(22-15-8-12-5-6-14(15)21-12)11-7-16-17(19-9-11)23(10-20-16)13-3-1-2-4-13;;/h7,9-10,12-15,21H,1-6,8H2,(H,22,24);2*1H/t12-,14+,15+;;/m1../s1. The largest absolute Gasteiger partial charge is 0.348 e. The van der Waals surface area contributed by atoms with E-state index in [2.05, 4.69) is 25.2 Å². The maximum absolute atomic E-state index is 12.6. The summed E-state index contributed by atoms with van der Waals surface area (Å²) < 4.78 is 2.18. The Bertz CT molecular complexity index is 789. The SMILES string of the molecule is Cl.Cl.O=C(N[C@H]1C[C@H]2CC[C@@H]1N2)c1cnc2c(c1)ncn2C1CCCC1. The fourth-order valence-electron chi connectivity index (χ4n) is 4.73. The first-order chi connectivity index (χ1) is 11.8. The second kappa shape index (κ2) is 7.71. The number of imidazole rings is 1. The van der Waals surface area contributed by atoms with Crippen molar-refractivity contribution in [3.63, 3.8) is 0 Å². The molecule has 0 radical (unpaired) electrons. The number of hydrogen-bond acceptors (Lipinski definition) is 4. The van der Waals surface area contributed by atoms with E-state index in [0.717, 1.165) is 17.6 Å². The molecule has 6 nitrogen and oxygen atoms in total. The zero-order chi connectivity index (χ0) is 16.1. The van der Waals surface area contributed by atoms with E-state index >= 15 is 0 Å². The molecular formula is C18H25Cl2N5O. The average Bonchev–Trinajstić information content (AvgIpc) is 3.36. The Morgan fingerprint density at radius 1 is 1.15 bits per heavy atom. The minimum atomic E-state index is -0.0285. The van der Waals surface area contributed by atoms with Crippen LogP contribution in [0.3, 0.4) is 0 Å². The van der Waals surface area contributed by atoms with E-state index in [1.54, 1.807) is 6.20 Å². The summed E-state index contributed by atoms with van der Waals surface area (Å²) in [7, 11) is 0. The van der Waals surface area contributed by atoms with E-state index in [1.165, 1.54) is 38.5 Å². The van der Waals surface area contributed by atoms with Crippen LogP contribution < -0.4 is 10.6 Å². The van der Waals surface area contributed by atoms with E-state index in [9.17, 15) is 4.79 Å². The summed E-state index contributed by atoms with van der Waals surface area (Å²) in [5.41, 5.74) is 2.34. The molecule has 2 N–H and O–H groups in total. The highest BCUT2D eigenvalue weighted by atomic mass is 35.5. The maximum Gasteiger partial charge on any atom is 0.253 e. The molecule has 26 heavy (non-hydrogen) atoms. The third-order valence-corrected chi connectivity index (χ3v) is 6.01. The fraction of sp³-hybridized carbons (Fsp3) is 0.611. The van der Waals surface area contributed by atoms with Gasteiger partial charge >= 0.3 is 0 Å². The Morgan fingerprint density at radius 3 is 2.65 bits per heavy atom. The van der Waals surface area contributed by atoms with Crippen molar-refractivity contribution >= 4 is 41.9 Å². The van der Waals surface area contributed by atoms with Gasteiger partial charge in [0.25, 0.3) is 5.91 Å². The van der Waals surface area contributed by atoms with E-state index < -0.39 is 0 Å². The van der Waals surface area contributed by atoms with Crippen LogP contribution in [0.25, 0.3) is 11.2 Å². The Kier molecular flexibility index (Phi) is 5.75. The summed E-state index contributed by atoms with van der Waals surface area (Å²) in [5.74, 6) is -0.0285. The lowest BCUT2D eigenvalue weighted by molar-refractivity contribution is 0.0931. The number of nitrogens with zero attached hydrogens (tertiary/aromatic N) is 3. The highest BCUT2D eigenvalue weighted by molar-refractivity contribution is 5.96. The Balaban J connectivity index is 0.000000980. The number of carbonyl (C=O) groups excluding carboxylic acids is 1. The molecule has 2 aliphatic heterocycles. The van der Waals surface area contributed by atoms with Crippen molar-refractivity contribution < 1.29 is 4.79 Å². The lowest BCUT2D eigenvalue weighted by Crippen LogP contribution is -2.42. The zero-order valence-corrected chi connectivity index (χ0v) is 16.2. The number of hydrogen-bond donors (Lipinski definition) is 2. The number of rotatable bonds is 3. The van der Waals surface area contributed by atoms with Crippen LogP contribution >= 0.6 is 24.8 Å². The quantitative estimate of drug-likeness (QED) is 0.834. The van der Waals surface area contributed by atoms with Crippen molar-refractivity contribution in [1.29, 1.82) is 0 Å². The van der Waals surface area contributed by atoms with Gasteiger partial charge in [0.15, 0.2) is 5.65 Å². The van der Waals surface area contributed by atoms with Crippen LogP contribution in [-0.2, 0) is 0 Å². The van der Waals surface area contributed by atoms with Gasteiger partial charge in [-0.15, -0.1) is 24.8 Å². The van der Waals surface area contributed by atoms with E-state index in [-0.39, 0.29) is 36.8 Å². The lowest BCUT2D eigenvalue weighted by atomic mass is 9.95. The summed E-state index contributed by atoms with van der Waals surface area (Å²) in [5, 5.41) is 6.73. The molecule has 2 bridgehead atoms. The minimum Gasteiger partial charge on any atom is -0.348 e. The highest BCUT2D eigenvalue weighted by Gasteiger charge is 2.39. The molecule has 3 aliphatic rings. The van der Waals surface area contributed by atoms with Crippen LogP contribution in [0.2, 0.25) is 0 Å². The third-order valence-electron chi connectivity index (χ3n) is 6.01. The fourth-order valence-corrected chi connectivity index (χ4v) is 4.73. The molecule has 142 valence electrons. The molecule has 5 rings (SSSR count). The van der Waals surface area contributed by atoms with Crippen LogP contribution in [0.15, 0.2) is 18.6 Å². The zero-order valence-electron chi connectivity index (χ0n) is 14.6. The first kappa shape index (κ1) is 19.4. The summed E-state index contributed by atoms with van der Waals surface area (Å²) in [6.07, 6.45) is 12.0. The van der Waals surface area contributed by atoms with E-state index in [0.29, 0.717) is 23.7 Å². The molecule has 0 spiro atoms. The molecule has 0 unspecified atom stereocenters. The van der Waals surface area contributed by atoms with Crippen molar-refractivity contribution in [3.05, 3.63) is 24.2 Å². The molecule has 2 aromatic heterocycles. The molecular weight excluding hydrogens is 373 g/mol. The molecule has 4 heterocycles.